The van der Waals surface area contributed by atoms with Crippen LogP contribution in [-0.4, -0.2) is 54.1 Å². The lowest BCUT2D eigenvalue weighted by molar-refractivity contribution is 0.209. The van der Waals surface area contributed by atoms with Crippen molar-refractivity contribution in [3.8, 4) is 0 Å². The Labute approximate surface area is 103 Å². The normalized spacial score (nSPS) is 17.5. The molecule has 2 rings (SSSR count). The van der Waals surface area contributed by atoms with E-state index >= 15 is 0 Å². The highest BCUT2D eigenvalue weighted by molar-refractivity contribution is 5.42. The third-order valence-electron chi connectivity index (χ3n) is 3.23. The molecule has 1 aromatic heterocycles. The van der Waals surface area contributed by atoms with Gasteiger partial charge in [0, 0.05) is 45.5 Å². The van der Waals surface area contributed by atoms with Gasteiger partial charge in [-0.3, -0.25) is 4.90 Å². The van der Waals surface area contributed by atoms with Crippen LogP contribution in [0.15, 0.2) is 12.3 Å². The summed E-state index contributed by atoms with van der Waals surface area (Å²) in [5, 5.41) is 2.97. The summed E-state index contributed by atoms with van der Waals surface area (Å²) in [5.41, 5.74) is 0. The molecule has 0 aliphatic carbocycles. The largest absolute Gasteiger partial charge is 0.357 e. The molecule has 0 bridgehead atoms. The number of anilines is 2. The zero-order chi connectivity index (χ0) is 12.3. The summed E-state index contributed by atoms with van der Waals surface area (Å²) < 4.78 is 0. The third kappa shape index (κ3) is 2.85. The van der Waals surface area contributed by atoms with E-state index < -0.39 is 0 Å². The summed E-state index contributed by atoms with van der Waals surface area (Å²) in [6, 6.07) is 2.61. The van der Waals surface area contributed by atoms with Gasteiger partial charge in [-0.1, -0.05) is 0 Å². The third-order valence-corrected chi connectivity index (χ3v) is 3.23. The van der Waals surface area contributed by atoms with Gasteiger partial charge in [-0.25, -0.2) is 4.98 Å². The molecule has 0 spiro atoms. The Balaban J connectivity index is 2.00. The number of hydrogen-bond donors (Lipinski definition) is 1. The van der Waals surface area contributed by atoms with Crippen molar-refractivity contribution in [1.29, 1.82) is 0 Å². The molecule has 0 unspecified atom stereocenters. The van der Waals surface area contributed by atoms with E-state index in [9.17, 15) is 0 Å². The minimum atomic E-state index is 0.635. The van der Waals surface area contributed by atoms with E-state index in [4.69, 9.17) is 0 Å². The molecule has 0 atom stereocenters. The molecule has 1 fully saturated rings. The summed E-state index contributed by atoms with van der Waals surface area (Å²) >= 11 is 0. The van der Waals surface area contributed by atoms with Crippen molar-refractivity contribution in [2.75, 3.05) is 43.4 Å². The number of aromatic nitrogens is 2. The van der Waals surface area contributed by atoms with Gasteiger partial charge in [0.05, 0.1) is 0 Å². The second-order valence-corrected chi connectivity index (χ2v) is 4.61. The van der Waals surface area contributed by atoms with Crippen LogP contribution >= 0.6 is 0 Å². The summed E-state index contributed by atoms with van der Waals surface area (Å²) in [5.74, 6) is 1.71. The van der Waals surface area contributed by atoms with Crippen LogP contribution in [0.4, 0.5) is 11.8 Å². The first-order chi connectivity index (χ1) is 8.20. The fourth-order valence-electron chi connectivity index (χ4n) is 2.11. The van der Waals surface area contributed by atoms with Crippen LogP contribution in [0.1, 0.15) is 13.8 Å². The molecular weight excluding hydrogens is 214 g/mol. The number of piperazine rings is 1. The Morgan fingerprint density at radius 3 is 2.53 bits per heavy atom. The van der Waals surface area contributed by atoms with Gasteiger partial charge in [-0.2, -0.15) is 4.98 Å². The molecule has 17 heavy (non-hydrogen) atoms. The smallest absolute Gasteiger partial charge is 0.224 e. The summed E-state index contributed by atoms with van der Waals surface area (Å²) in [4.78, 5) is 13.4. The lowest BCUT2D eigenvalue weighted by Gasteiger charge is -2.37. The van der Waals surface area contributed by atoms with Gasteiger partial charge in [0.1, 0.15) is 5.82 Å². The molecule has 1 saturated heterocycles. The topological polar surface area (TPSA) is 44.3 Å². The van der Waals surface area contributed by atoms with Gasteiger partial charge in [0.25, 0.3) is 0 Å². The maximum absolute atomic E-state index is 4.47. The zero-order valence-electron chi connectivity index (χ0n) is 10.8. The molecule has 0 amide bonds. The van der Waals surface area contributed by atoms with Gasteiger partial charge < -0.3 is 10.2 Å². The maximum Gasteiger partial charge on any atom is 0.224 e. The van der Waals surface area contributed by atoms with E-state index in [-0.39, 0.29) is 0 Å². The van der Waals surface area contributed by atoms with Crippen molar-refractivity contribution in [2.45, 2.75) is 19.9 Å². The minimum absolute atomic E-state index is 0.635. The van der Waals surface area contributed by atoms with Gasteiger partial charge >= 0.3 is 0 Å². The lowest BCUT2D eigenvalue weighted by Crippen LogP contribution is -2.49. The summed E-state index contributed by atoms with van der Waals surface area (Å²) in [6.07, 6.45) is 1.81. The fourth-order valence-corrected chi connectivity index (χ4v) is 2.11. The molecule has 1 aliphatic heterocycles. The molecular formula is C12H21N5. The average molecular weight is 235 g/mol. The second-order valence-electron chi connectivity index (χ2n) is 4.61. The number of nitrogens with zero attached hydrogens (tertiary/aromatic N) is 4. The highest BCUT2D eigenvalue weighted by Gasteiger charge is 2.19. The van der Waals surface area contributed by atoms with Crippen molar-refractivity contribution in [3.63, 3.8) is 0 Å². The molecule has 1 aromatic rings. The van der Waals surface area contributed by atoms with E-state index in [1.807, 2.05) is 19.3 Å². The van der Waals surface area contributed by atoms with Crippen LogP contribution in [-0.2, 0) is 0 Å². The maximum atomic E-state index is 4.47. The van der Waals surface area contributed by atoms with Gasteiger partial charge in [-0.05, 0) is 19.9 Å². The Bertz CT molecular complexity index is 358. The van der Waals surface area contributed by atoms with Crippen LogP contribution in [0, 0.1) is 0 Å². The van der Waals surface area contributed by atoms with Crippen molar-refractivity contribution in [3.05, 3.63) is 12.3 Å². The van der Waals surface area contributed by atoms with Crippen molar-refractivity contribution >= 4 is 11.8 Å². The predicted octanol–water partition coefficient (Wildman–Crippen LogP) is 1.05. The SMILES string of the molecule is CNc1nccc(N2CCN(C(C)C)CC2)n1. The van der Waals surface area contributed by atoms with Crippen molar-refractivity contribution < 1.29 is 0 Å². The molecule has 0 radical (unpaired) electrons. The van der Waals surface area contributed by atoms with E-state index in [1.165, 1.54) is 0 Å². The van der Waals surface area contributed by atoms with Crippen molar-refractivity contribution in [2.24, 2.45) is 0 Å². The van der Waals surface area contributed by atoms with Crippen molar-refractivity contribution in [1.82, 2.24) is 14.9 Å². The number of rotatable bonds is 3. The quantitative estimate of drug-likeness (QED) is 0.848. The first-order valence-electron chi connectivity index (χ1n) is 6.20. The molecule has 0 aromatic carbocycles. The van der Waals surface area contributed by atoms with Crippen LogP contribution < -0.4 is 10.2 Å². The molecule has 5 nitrogen and oxygen atoms in total. The summed E-state index contributed by atoms with van der Waals surface area (Å²) in [7, 11) is 1.84. The molecule has 5 heteroatoms. The molecule has 94 valence electrons. The van der Waals surface area contributed by atoms with Crippen LogP contribution in [0.2, 0.25) is 0 Å². The second kappa shape index (κ2) is 5.31. The van der Waals surface area contributed by atoms with Crippen LogP contribution in [0.5, 0.6) is 0 Å². The van der Waals surface area contributed by atoms with Gasteiger partial charge in [0.2, 0.25) is 5.95 Å². The average Bonchev–Trinajstić information content (AvgIpc) is 2.39. The van der Waals surface area contributed by atoms with E-state index in [1.54, 1.807) is 0 Å². The van der Waals surface area contributed by atoms with E-state index in [2.05, 4.69) is 38.9 Å². The highest BCUT2D eigenvalue weighted by Crippen LogP contribution is 2.15. The first kappa shape index (κ1) is 12.1. The number of nitrogens with one attached hydrogen (secondary N) is 1. The Kier molecular flexibility index (Phi) is 3.78. The van der Waals surface area contributed by atoms with E-state index in [0.717, 1.165) is 32.0 Å². The fraction of sp³-hybridized carbons (Fsp3) is 0.667. The number of hydrogen-bond acceptors (Lipinski definition) is 5. The van der Waals surface area contributed by atoms with Crippen LogP contribution in [0.3, 0.4) is 0 Å². The molecule has 0 saturated carbocycles. The van der Waals surface area contributed by atoms with Gasteiger partial charge in [0.15, 0.2) is 0 Å². The highest BCUT2D eigenvalue weighted by atomic mass is 15.3. The Hall–Kier alpha value is -1.36. The van der Waals surface area contributed by atoms with Crippen LogP contribution in [0.25, 0.3) is 0 Å². The molecule has 1 aliphatic rings. The molecule has 2 heterocycles. The summed E-state index contributed by atoms with van der Waals surface area (Å²) in [6.45, 7) is 8.79. The monoisotopic (exact) mass is 235 g/mol. The van der Waals surface area contributed by atoms with Gasteiger partial charge in [-0.15, -0.1) is 0 Å². The molecule has 1 N–H and O–H groups in total. The predicted molar refractivity (Wildman–Crippen MR) is 70.5 cm³/mol. The standard InChI is InChI=1S/C12H21N5/c1-10(2)16-6-8-17(9-7-16)11-4-5-14-12(13-3)15-11/h4-5,10H,6-9H2,1-3H3,(H,13,14,15). The lowest BCUT2D eigenvalue weighted by atomic mass is 10.2. The Morgan fingerprint density at radius 2 is 1.94 bits per heavy atom. The Morgan fingerprint density at radius 1 is 1.24 bits per heavy atom. The van der Waals surface area contributed by atoms with E-state index in [0.29, 0.717) is 12.0 Å². The zero-order valence-corrected chi connectivity index (χ0v) is 10.8. The minimum Gasteiger partial charge on any atom is -0.357 e. The first-order valence-corrected chi connectivity index (χ1v) is 6.20.